The maximum absolute atomic E-state index is 9.43. The Labute approximate surface area is 164 Å². The molecule has 0 aliphatic heterocycles. The van der Waals surface area contributed by atoms with Crippen LogP contribution in [-0.4, -0.2) is 0 Å². The first kappa shape index (κ1) is 17.9. The molecule has 0 saturated heterocycles. The molecule has 0 atom stereocenters. The van der Waals surface area contributed by atoms with Gasteiger partial charge in [-0.05, 0) is 54.1 Å². The van der Waals surface area contributed by atoms with E-state index in [0.29, 0.717) is 48.3 Å². The van der Waals surface area contributed by atoms with Gasteiger partial charge in [0.25, 0.3) is 0 Å². The Bertz CT molecular complexity index is 1010. The third-order valence-corrected chi connectivity index (χ3v) is 4.76. The van der Waals surface area contributed by atoms with Crippen molar-refractivity contribution < 1.29 is 4.42 Å². The van der Waals surface area contributed by atoms with Crippen LogP contribution < -0.4 is 0 Å². The molecule has 0 bridgehead atoms. The molecule has 6 heteroatoms. The molecule has 25 heavy (non-hydrogen) atoms. The molecule has 0 saturated carbocycles. The van der Waals surface area contributed by atoms with E-state index in [1.807, 2.05) is 0 Å². The minimum atomic E-state index is 0.381. The van der Waals surface area contributed by atoms with E-state index in [9.17, 15) is 5.26 Å². The summed E-state index contributed by atoms with van der Waals surface area (Å²) >= 11 is 24.1. The van der Waals surface area contributed by atoms with Gasteiger partial charge in [0.2, 0.25) is 0 Å². The van der Waals surface area contributed by atoms with Crippen molar-refractivity contribution in [3.63, 3.8) is 0 Å². The highest BCUT2D eigenvalue weighted by atomic mass is 35.5. The average Bonchev–Trinajstić information content (AvgIpc) is 3.06. The number of benzene rings is 2. The fourth-order valence-electron chi connectivity index (χ4n) is 2.25. The molecule has 2 nitrogen and oxygen atoms in total. The molecule has 2 aromatic carbocycles. The molecule has 1 aromatic heterocycles. The molecule has 0 amide bonds. The average molecular weight is 409 g/mol. The maximum atomic E-state index is 9.43. The summed E-state index contributed by atoms with van der Waals surface area (Å²) in [5, 5.41) is 11.3. The second-order valence-corrected chi connectivity index (χ2v) is 6.78. The van der Waals surface area contributed by atoms with Crippen LogP contribution in [0.3, 0.4) is 0 Å². The van der Waals surface area contributed by atoms with E-state index in [2.05, 4.69) is 6.07 Å². The summed E-state index contributed by atoms with van der Waals surface area (Å²) in [6.45, 7) is 0. The fraction of sp³-hybridized carbons (Fsp3) is 0. The van der Waals surface area contributed by atoms with Gasteiger partial charge in [0.1, 0.15) is 11.5 Å². The van der Waals surface area contributed by atoms with E-state index >= 15 is 0 Å². The van der Waals surface area contributed by atoms with E-state index in [4.69, 9.17) is 50.8 Å². The highest BCUT2D eigenvalue weighted by molar-refractivity contribution is 6.42. The van der Waals surface area contributed by atoms with E-state index in [1.54, 1.807) is 54.6 Å². The molecule has 0 radical (unpaired) electrons. The normalized spacial score (nSPS) is 11.4. The summed E-state index contributed by atoms with van der Waals surface area (Å²) < 4.78 is 5.78. The number of hydrogen-bond donors (Lipinski definition) is 0. The number of halogens is 4. The molecule has 0 unspecified atom stereocenters. The van der Waals surface area contributed by atoms with Gasteiger partial charge < -0.3 is 4.42 Å². The van der Waals surface area contributed by atoms with Gasteiger partial charge in [0, 0.05) is 10.6 Å². The lowest BCUT2D eigenvalue weighted by atomic mass is 10.1. The molecular weight excluding hydrogens is 400 g/mol. The number of rotatable bonds is 3. The molecule has 0 spiro atoms. The molecule has 3 aromatic rings. The van der Waals surface area contributed by atoms with Crippen molar-refractivity contribution in [1.29, 1.82) is 5.26 Å². The van der Waals surface area contributed by atoms with Gasteiger partial charge in [-0.3, -0.25) is 0 Å². The van der Waals surface area contributed by atoms with Gasteiger partial charge in [-0.1, -0.05) is 52.5 Å². The highest BCUT2D eigenvalue weighted by Gasteiger charge is 2.10. The van der Waals surface area contributed by atoms with Gasteiger partial charge in [-0.15, -0.1) is 0 Å². The molecule has 0 aliphatic rings. The Morgan fingerprint density at radius 3 is 2.36 bits per heavy atom. The second kappa shape index (κ2) is 7.56. The van der Waals surface area contributed by atoms with Crippen molar-refractivity contribution in [2.24, 2.45) is 0 Å². The number of allylic oxidation sites excluding steroid dienone is 1. The predicted octanol–water partition coefficient (Wildman–Crippen LogP) is 7.62. The van der Waals surface area contributed by atoms with E-state index < -0.39 is 0 Å². The fourth-order valence-corrected chi connectivity index (χ4v) is 2.93. The molecule has 124 valence electrons. The van der Waals surface area contributed by atoms with Gasteiger partial charge in [-0.25, -0.2) is 0 Å². The Hall–Kier alpha value is -1.89. The Kier molecular flexibility index (Phi) is 5.42. The smallest absolute Gasteiger partial charge is 0.136 e. The molecule has 0 N–H and O–H groups in total. The first-order valence-corrected chi connectivity index (χ1v) is 8.61. The number of nitriles is 1. The summed E-state index contributed by atoms with van der Waals surface area (Å²) in [5.41, 5.74) is 1.73. The van der Waals surface area contributed by atoms with Crippen molar-refractivity contribution in [3.8, 4) is 17.4 Å². The number of furan rings is 1. The zero-order valence-electron chi connectivity index (χ0n) is 12.6. The van der Waals surface area contributed by atoms with Crippen molar-refractivity contribution in [2.75, 3.05) is 0 Å². The van der Waals surface area contributed by atoms with Crippen LogP contribution in [0.2, 0.25) is 20.1 Å². The molecule has 3 rings (SSSR count). The molecule has 0 fully saturated rings. The lowest BCUT2D eigenvalue weighted by molar-refractivity contribution is 0.572. The molecular formula is C19H9Cl4NO. The van der Waals surface area contributed by atoms with Crippen LogP contribution in [0.25, 0.3) is 23.0 Å². The first-order chi connectivity index (χ1) is 12.0. The van der Waals surface area contributed by atoms with Gasteiger partial charge in [0.05, 0.1) is 26.7 Å². The topological polar surface area (TPSA) is 36.9 Å². The summed E-state index contributed by atoms with van der Waals surface area (Å²) in [7, 11) is 0. The third kappa shape index (κ3) is 4.03. The summed E-state index contributed by atoms with van der Waals surface area (Å²) in [6.07, 6.45) is 1.63. The number of hydrogen-bond acceptors (Lipinski definition) is 2. The Morgan fingerprint density at radius 2 is 1.64 bits per heavy atom. The van der Waals surface area contributed by atoms with Crippen LogP contribution in [0.4, 0.5) is 0 Å². The maximum Gasteiger partial charge on any atom is 0.136 e. The monoisotopic (exact) mass is 407 g/mol. The van der Waals surface area contributed by atoms with Crippen molar-refractivity contribution in [1.82, 2.24) is 0 Å². The van der Waals surface area contributed by atoms with E-state index in [-0.39, 0.29) is 0 Å². The van der Waals surface area contributed by atoms with Gasteiger partial charge in [0.15, 0.2) is 0 Å². The lowest BCUT2D eigenvalue weighted by Crippen LogP contribution is -1.82. The van der Waals surface area contributed by atoms with Crippen LogP contribution >= 0.6 is 46.4 Å². The first-order valence-electron chi connectivity index (χ1n) is 7.10. The van der Waals surface area contributed by atoms with Crippen LogP contribution in [0, 0.1) is 11.3 Å². The quantitative estimate of drug-likeness (QED) is 0.417. The largest absolute Gasteiger partial charge is 0.457 e. The van der Waals surface area contributed by atoms with Crippen LogP contribution in [0.5, 0.6) is 0 Å². The zero-order valence-corrected chi connectivity index (χ0v) is 15.6. The van der Waals surface area contributed by atoms with Crippen molar-refractivity contribution in [3.05, 3.63) is 79.9 Å². The van der Waals surface area contributed by atoms with Crippen LogP contribution in [0.1, 0.15) is 11.3 Å². The standard InChI is InChI=1S/C19H9Cl4NO/c20-13-2-5-16(21)15(9-13)19-6-3-14(25-19)7-12(10-24)11-1-4-17(22)18(23)8-11/h1-9H/b12-7+. The van der Waals surface area contributed by atoms with Crippen molar-refractivity contribution >= 4 is 58.1 Å². The van der Waals surface area contributed by atoms with Gasteiger partial charge >= 0.3 is 0 Å². The van der Waals surface area contributed by atoms with Crippen LogP contribution in [0.15, 0.2) is 52.9 Å². The summed E-state index contributed by atoms with van der Waals surface area (Å²) in [5.74, 6) is 1.07. The summed E-state index contributed by atoms with van der Waals surface area (Å²) in [4.78, 5) is 0. The van der Waals surface area contributed by atoms with Gasteiger partial charge in [-0.2, -0.15) is 5.26 Å². The van der Waals surface area contributed by atoms with Crippen molar-refractivity contribution in [2.45, 2.75) is 0 Å². The third-order valence-electron chi connectivity index (χ3n) is 3.46. The lowest BCUT2D eigenvalue weighted by Gasteiger charge is -2.02. The molecule has 0 aliphatic carbocycles. The highest BCUT2D eigenvalue weighted by Crippen LogP contribution is 2.33. The number of nitrogens with zero attached hydrogens (tertiary/aromatic N) is 1. The predicted molar refractivity (Wildman–Crippen MR) is 104 cm³/mol. The van der Waals surface area contributed by atoms with Crippen LogP contribution in [-0.2, 0) is 0 Å². The summed E-state index contributed by atoms with van der Waals surface area (Å²) in [6, 6.07) is 15.8. The van der Waals surface area contributed by atoms with E-state index in [0.717, 1.165) is 0 Å². The minimum absolute atomic E-state index is 0.381. The Morgan fingerprint density at radius 1 is 0.880 bits per heavy atom. The SMILES string of the molecule is N#C/C(=C\c1ccc(-c2cc(Cl)ccc2Cl)o1)c1ccc(Cl)c(Cl)c1. The second-order valence-electron chi connectivity index (χ2n) is 5.12. The zero-order chi connectivity index (χ0) is 18.0. The Balaban J connectivity index is 1.98. The molecule has 1 heterocycles. The minimum Gasteiger partial charge on any atom is -0.457 e. The van der Waals surface area contributed by atoms with E-state index in [1.165, 1.54) is 0 Å².